The molecule has 0 unspecified atom stereocenters. The van der Waals surface area contributed by atoms with Crippen molar-refractivity contribution in [2.45, 2.75) is 44.8 Å². The summed E-state index contributed by atoms with van der Waals surface area (Å²) in [5, 5.41) is 10.8. The summed E-state index contributed by atoms with van der Waals surface area (Å²) in [5.74, 6) is -0.796. The highest BCUT2D eigenvalue weighted by molar-refractivity contribution is 7.92. The van der Waals surface area contributed by atoms with Gasteiger partial charge in [0.05, 0.1) is 6.26 Å². The smallest absolute Gasteiger partial charge is 0.253 e. The minimum atomic E-state index is -3.45. The number of sulfonamides is 1. The number of anilines is 1. The van der Waals surface area contributed by atoms with Crippen LogP contribution in [0.25, 0.3) is 11.1 Å². The molecule has 28 heavy (non-hydrogen) atoms. The van der Waals surface area contributed by atoms with Gasteiger partial charge in [-0.3, -0.25) is 9.52 Å². The van der Waals surface area contributed by atoms with Gasteiger partial charge in [0.1, 0.15) is 5.75 Å². The second kappa shape index (κ2) is 7.60. The van der Waals surface area contributed by atoms with Gasteiger partial charge < -0.3 is 14.4 Å². The zero-order chi connectivity index (χ0) is 20.5. The summed E-state index contributed by atoms with van der Waals surface area (Å²) in [4.78, 5) is 12.1. The van der Waals surface area contributed by atoms with Crippen LogP contribution in [0.5, 0.6) is 5.75 Å². The molecule has 0 saturated heterocycles. The molecule has 3 rings (SSSR count). The molecule has 0 aliphatic heterocycles. The first-order chi connectivity index (χ1) is 13.1. The third-order valence-corrected chi connectivity index (χ3v) is 5.50. The number of ether oxygens (including phenoxy) is 1. The molecular weight excluding hydrogens is 380 g/mol. The maximum Gasteiger partial charge on any atom is 0.253 e. The highest BCUT2D eigenvalue weighted by Crippen LogP contribution is 2.38. The van der Waals surface area contributed by atoms with E-state index >= 15 is 0 Å². The van der Waals surface area contributed by atoms with Crippen LogP contribution in [0.3, 0.4) is 0 Å². The van der Waals surface area contributed by atoms with Crippen LogP contribution in [0.15, 0.2) is 35.3 Å². The van der Waals surface area contributed by atoms with E-state index in [9.17, 15) is 18.3 Å². The predicted octanol–water partition coefficient (Wildman–Crippen LogP) is 2.76. The van der Waals surface area contributed by atoms with Crippen LogP contribution in [0, 0.1) is 6.92 Å². The third kappa shape index (κ3) is 4.74. The number of nitrogens with zero attached hydrogens (tertiary/aromatic N) is 1. The van der Waals surface area contributed by atoms with Gasteiger partial charge in [-0.2, -0.15) is 0 Å². The molecule has 1 saturated carbocycles. The highest BCUT2D eigenvalue weighted by atomic mass is 32.2. The first-order valence-electron chi connectivity index (χ1n) is 9.27. The Hall–Kier alpha value is -2.32. The van der Waals surface area contributed by atoms with Gasteiger partial charge >= 0.3 is 0 Å². The maximum absolute atomic E-state index is 12.1. The molecule has 152 valence electrons. The van der Waals surface area contributed by atoms with Crippen molar-refractivity contribution in [1.82, 2.24) is 4.57 Å². The Kier molecular flexibility index (Phi) is 5.54. The van der Waals surface area contributed by atoms with Gasteiger partial charge in [0.2, 0.25) is 15.8 Å². The quantitative estimate of drug-likeness (QED) is 0.744. The van der Waals surface area contributed by atoms with Gasteiger partial charge in [-0.15, -0.1) is 0 Å². The Morgan fingerprint density at radius 1 is 1.18 bits per heavy atom. The molecule has 0 radical (unpaired) electrons. The molecule has 1 aliphatic carbocycles. The standard InChI is InChI=1S/C20H26N2O5S/c1-14-11-15(13-22(2)19(14)23)17-12-16(21-28(3,25)26)7-8-18(17)27-20(24)9-5-4-6-10-20/h7-8,11-13,21,24H,4-6,9-10H2,1-3H3. The van der Waals surface area contributed by atoms with Crippen LogP contribution in [0.1, 0.15) is 37.7 Å². The minimum Gasteiger partial charge on any atom is -0.462 e. The molecule has 1 aromatic carbocycles. The van der Waals surface area contributed by atoms with Crippen LogP contribution < -0.4 is 15.0 Å². The topological polar surface area (TPSA) is 97.6 Å². The van der Waals surface area contributed by atoms with E-state index in [1.807, 2.05) is 0 Å². The van der Waals surface area contributed by atoms with Gasteiger partial charge in [-0.05, 0) is 44.0 Å². The van der Waals surface area contributed by atoms with Crippen molar-refractivity contribution in [3.63, 3.8) is 0 Å². The Morgan fingerprint density at radius 3 is 2.46 bits per heavy atom. The number of aromatic nitrogens is 1. The van der Waals surface area contributed by atoms with Gasteiger partial charge in [0.25, 0.3) is 5.56 Å². The fraction of sp³-hybridized carbons (Fsp3) is 0.450. The number of pyridine rings is 1. The average molecular weight is 407 g/mol. The van der Waals surface area contributed by atoms with Crippen LogP contribution in [-0.4, -0.2) is 30.1 Å². The molecular formula is C20H26N2O5S. The van der Waals surface area contributed by atoms with Crippen molar-refractivity contribution in [3.8, 4) is 16.9 Å². The zero-order valence-corrected chi connectivity index (χ0v) is 17.2. The molecule has 0 amide bonds. The SMILES string of the molecule is Cc1cc(-c2cc(NS(C)(=O)=O)ccc2OC2(O)CCCCC2)cn(C)c1=O. The molecule has 1 aliphatic rings. The van der Waals surface area contributed by atoms with Crippen molar-refractivity contribution >= 4 is 15.7 Å². The summed E-state index contributed by atoms with van der Waals surface area (Å²) in [6, 6.07) is 6.64. The van der Waals surface area contributed by atoms with E-state index in [0.717, 1.165) is 25.5 Å². The van der Waals surface area contributed by atoms with E-state index in [4.69, 9.17) is 4.74 Å². The van der Waals surface area contributed by atoms with E-state index in [-0.39, 0.29) is 5.56 Å². The molecule has 1 fully saturated rings. The number of hydrogen-bond donors (Lipinski definition) is 2. The minimum absolute atomic E-state index is 0.109. The van der Waals surface area contributed by atoms with E-state index in [1.165, 1.54) is 4.57 Å². The number of hydrogen-bond acceptors (Lipinski definition) is 5. The van der Waals surface area contributed by atoms with Crippen LogP contribution in [0.2, 0.25) is 0 Å². The van der Waals surface area contributed by atoms with Crippen molar-refractivity contribution in [2.75, 3.05) is 11.0 Å². The number of rotatable bonds is 5. The van der Waals surface area contributed by atoms with Gasteiger partial charge in [-0.25, -0.2) is 8.42 Å². The van der Waals surface area contributed by atoms with Crippen LogP contribution >= 0.6 is 0 Å². The molecule has 1 aromatic heterocycles. The fourth-order valence-electron chi connectivity index (χ4n) is 3.56. The lowest BCUT2D eigenvalue weighted by Gasteiger charge is -2.33. The number of nitrogens with one attached hydrogen (secondary N) is 1. The molecule has 2 N–H and O–H groups in total. The summed E-state index contributed by atoms with van der Waals surface area (Å²) in [6.45, 7) is 1.72. The Balaban J connectivity index is 2.10. The van der Waals surface area contributed by atoms with Crippen molar-refractivity contribution < 1.29 is 18.3 Å². The normalized spacial score (nSPS) is 16.6. The van der Waals surface area contributed by atoms with Crippen molar-refractivity contribution in [3.05, 3.63) is 46.4 Å². The third-order valence-electron chi connectivity index (χ3n) is 4.89. The molecule has 1 heterocycles. The highest BCUT2D eigenvalue weighted by Gasteiger charge is 2.32. The Labute approximate surface area is 165 Å². The van der Waals surface area contributed by atoms with E-state index < -0.39 is 15.8 Å². The lowest BCUT2D eigenvalue weighted by molar-refractivity contribution is -0.158. The molecule has 8 heteroatoms. The monoisotopic (exact) mass is 406 g/mol. The van der Waals surface area contributed by atoms with Crippen molar-refractivity contribution in [1.29, 1.82) is 0 Å². The molecule has 2 aromatic rings. The first-order valence-corrected chi connectivity index (χ1v) is 11.2. The fourth-order valence-corrected chi connectivity index (χ4v) is 4.11. The van der Waals surface area contributed by atoms with E-state index in [1.54, 1.807) is 44.4 Å². The second-order valence-electron chi connectivity index (χ2n) is 7.52. The first kappa shape index (κ1) is 20.4. The molecule has 0 atom stereocenters. The predicted molar refractivity (Wildman–Crippen MR) is 109 cm³/mol. The van der Waals surface area contributed by atoms with Gasteiger partial charge in [-0.1, -0.05) is 6.42 Å². The van der Waals surface area contributed by atoms with E-state index in [2.05, 4.69) is 4.72 Å². The molecule has 0 spiro atoms. The lowest BCUT2D eigenvalue weighted by Crippen LogP contribution is -2.38. The Morgan fingerprint density at radius 2 is 1.86 bits per heavy atom. The second-order valence-corrected chi connectivity index (χ2v) is 9.27. The number of benzene rings is 1. The summed E-state index contributed by atoms with van der Waals surface area (Å²) >= 11 is 0. The average Bonchev–Trinajstić information content (AvgIpc) is 2.59. The summed E-state index contributed by atoms with van der Waals surface area (Å²) < 4.78 is 33.2. The van der Waals surface area contributed by atoms with E-state index in [0.29, 0.717) is 41.0 Å². The molecule has 7 nitrogen and oxygen atoms in total. The van der Waals surface area contributed by atoms with Gasteiger partial charge in [0, 0.05) is 48.5 Å². The number of aliphatic hydroxyl groups is 1. The Bertz CT molecular complexity index is 1010. The molecule has 0 bridgehead atoms. The summed E-state index contributed by atoms with van der Waals surface area (Å²) in [7, 11) is -1.79. The lowest BCUT2D eigenvalue weighted by atomic mass is 9.94. The van der Waals surface area contributed by atoms with Gasteiger partial charge in [0.15, 0.2) is 0 Å². The number of aryl methyl sites for hydroxylation is 2. The van der Waals surface area contributed by atoms with Crippen LogP contribution in [-0.2, 0) is 17.1 Å². The maximum atomic E-state index is 12.1. The largest absolute Gasteiger partial charge is 0.462 e. The van der Waals surface area contributed by atoms with Crippen LogP contribution in [0.4, 0.5) is 5.69 Å². The van der Waals surface area contributed by atoms with Crippen molar-refractivity contribution in [2.24, 2.45) is 7.05 Å². The summed E-state index contributed by atoms with van der Waals surface area (Å²) in [5.41, 5.74) is 2.14. The zero-order valence-electron chi connectivity index (χ0n) is 16.4. The summed E-state index contributed by atoms with van der Waals surface area (Å²) in [6.07, 6.45) is 6.68.